The Bertz CT molecular complexity index is 746. The van der Waals surface area contributed by atoms with Gasteiger partial charge in [-0.05, 0) is 130 Å². The highest BCUT2D eigenvalue weighted by Crippen LogP contribution is 2.75. The van der Waals surface area contributed by atoms with Crippen molar-refractivity contribution in [1.82, 2.24) is 0 Å². The van der Waals surface area contributed by atoms with Crippen LogP contribution in [0.4, 0.5) is 0 Å². The molecule has 4 aliphatic carbocycles. The summed E-state index contributed by atoms with van der Waals surface area (Å²) in [7, 11) is 0. The minimum absolute atomic E-state index is 0.0267. The van der Waals surface area contributed by atoms with Crippen molar-refractivity contribution in [1.29, 1.82) is 0 Å². The molecule has 0 bridgehead atoms. The maximum atomic E-state index is 11.6. The zero-order valence-electron chi connectivity index (χ0n) is 22.4. The maximum absolute atomic E-state index is 11.6. The van der Waals surface area contributed by atoms with Crippen molar-refractivity contribution in [3.63, 3.8) is 0 Å². The summed E-state index contributed by atoms with van der Waals surface area (Å²) >= 11 is 0. The largest absolute Gasteiger partial charge is 0.393 e. The molecular weight excluding hydrogens is 392 g/mol. The van der Waals surface area contributed by atoms with E-state index in [1.807, 2.05) is 0 Å². The van der Waals surface area contributed by atoms with E-state index in [2.05, 4.69) is 61.5 Å². The summed E-state index contributed by atoms with van der Waals surface area (Å²) in [6, 6.07) is 0. The number of aliphatic hydroxyl groups excluding tert-OH is 1. The number of hydrogen-bond acceptors (Lipinski definition) is 2. The average molecular weight is 445 g/mol. The van der Waals surface area contributed by atoms with Crippen LogP contribution >= 0.6 is 0 Å². The third-order valence-corrected chi connectivity index (χ3v) is 12.4. The first-order chi connectivity index (χ1) is 14.7. The molecule has 4 aliphatic rings. The maximum Gasteiger partial charge on any atom is 0.0653 e. The summed E-state index contributed by atoms with van der Waals surface area (Å²) in [4.78, 5) is 0. The second-order valence-electron chi connectivity index (χ2n) is 14.4. The first-order valence-corrected chi connectivity index (χ1v) is 13.7. The predicted octanol–water partition coefficient (Wildman–Crippen LogP) is 7.53. The van der Waals surface area contributed by atoms with Gasteiger partial charge in [0, 0.05) is 0 Å². The lowest BCUT2D eigenvalue weighted by Crippen LogP contribution is -2.64. The zero-order chi connectivity index (χ0) is 23.7. The lowest BCUT2D eigenvalue weighted by atomic mass is 9.35. The van der Waals surface area contributed by atoms with Gasteiger partial charge in [0.05, 0.1) is 11.7 Å². The van der Waals surface area contributed by atoms with E-state index in [4.69, 9.17) is 0 Å². The molecule has 9 atom stereocenters. The zero-order valence-corrected chi connectivity index (χ0v) is 22.4. The molecule has 4 saturated carbocycles. The molecule has 2 N–H and O–H groups in total. The summed E-state index contributed by atoms with van der Waals surface area (Å²) < 4.78 is 0. The second kappa shape index (κ2) is 7.84. The van der Waals surface area contributed by atoms with Gasteiger partial charge in [0.1, 0.15) is 0 Å². The van der Waals surface area contributed by atoms with Crippen molar-refractivity contribution in [2.24, 2.45) is 45.3 Å². The lowest BCUT2D eigenvalue weighted by Gasteiger charge is -2.70. The van der Waals surface area contributed by atoms with Gasteiger partial charge in [-0.2, -0.15) is 0 Å². The highest BCUT2D eigenvalue weighted by Gasteiger charge is 2.69. The van der Waals surface area contributed by atoms with E-state index >= 15 is 0 Å². The van der Waals surface area contributed by atoms with Gasteiger partial charge in [-0.3, -0.25) is 0 Å². The fourth-order valence-corrected chi connectivity index (χ4v) is 10.3. The van der Waals surface area contributed by atoms with E-state index in [1.54, 1.807) is 0 Å². The minimum atomic E-state index is -0.560. The molecule has 2 nitrogen and oxygen atoms in total. The van der Waals surface area contributed by atoms with Gasteiger partial charge >= 0.3 is 0 Å². The molecule has 2 heteroatoms. The molecule has 0 aliphatic heterocycles. The van der Waals surface area contributed by atoms with E-state index in [0.29, 0.717) is 34.0 Å². The van der Waals surface area contributed by atoms with Crippen LogP contribution in [-0.4, -0.2) is 21.9 Å². The smallest absolute Gasteiger partial charge is 0.0653 e. The Hall–Kier alpha value is -0.340. The topological polar surface area (TPSA) is 40.5 Å². The Morgan fingerprint density at radius 2 is 1.53 bits per heavy atom. The molecule has 0 aromatic rings. The van der Waals surface area contributed by atoms with Crippen LogP contribution in [0.1, 0.15) is 120 Å². The molecule has 32 heavy (non-hydrogen) atoms. The van der Waals surface area contributed by atoms with Gasteiger partial charge in [0.15, 0.2) is 0 Å². The van der Waals surface area contributed by atoms with Crippen LogP contribution in [0.5, 0.6) is 0 Å². The van der Waals surface area contributed by atoms with Gasteiger partial charge in [0.2, 0.25) is 0 Å². The average Bonchev–Trinajstić information content (AvgIpc) is 3.04. The highest BCUT2D eigenvalue weighted by atomic mass is 16.3. The number of fused-ring (bicyclic) bond motifs is 5. The molecule has 0 aromatic heterocycles. The normalized spacial score (nSPS) is 49.4. The first-order valence-electron chi connectivity index (χ1n) is 13.7. The van der Waals surface area contributed by atoms with Crippen LogP contribution in [0.3, 0.4) is 0 Å². The van der Waals surface area contributed by atoms with Crippen LogP contribution in [0, 0.1) is 45.3 Å². The van der Waals surface area contributed by atoms with E-state index in [-0.39, 0.29) is 11.5 Å². The summed E-state index contributed by atoms with van der Waals surface area (Å²) in [5.74, 6) is 2.45. The van der Waals surface area contributed by atoms with Gasteiger partial charge in [-0.15, -0.1) is 0 Å². The fourth-order valence-electron chi connectivity index (χ4n) is 10.3. The SMILES string of the molecule is CC(C)=CCCC(C)(O)C1CCC2(C)[C@@H]1CCC1[C@@]3(C)CC[C@H](O)C(C)(C)C3CC[C@]12C. The molecule has 0 amide bonds. The monoisotopic (exact) mass is 444 g/mol. The van der Waals surface area contributed by atoms with Crippen LogP contribution in [0.25, 0.3) is 0 Å². The number of rotatable bonds is 4. The molecule has 184 valence electrons. The molecule has 0 radical (unpaired) electrons. The van der Waals surface area contributed by atoms with Gasteiger partial charge < -0.3 is 10.2 Å². The Morgan fingerprint density at radius 1 is 0.875 bits per heavy atom. The fraction of sp³-hybridized carbons (Fsp3) is 0.933. The highest BCUT2D eigenvalue weighted by molar-refractivity contribution is 5.18. The van der Waals surface area contributed by atoms with Crippen LogP contribution in [0.2, 0.25) is 0 Å². The van der Waals surface area contributed by atoms with Gasteiger partial charge in [-0.1, -0.05) is 46.3 Å². The molecule has 4 rings (SSSR count). The van der Waals surface area contributed by atoms with Crippen LogP contribution in [0.15, 0.2) is 11.6 Å². The predicted molar refractivity (Wildman–Crippen MR) is 134 cm³/mol. The Kier molecular flexibility index (Phi) is 6.07. The standard InChI is InChI=1S/C30H52O2/c1-20(2)10-9-16-30(8,32)22-13-18-28(6)21(22)11-12-24-27(5)17-15-25(31)26(3,4)23(27)14-19-29(24,28)7/h10,21-25,31-32H,9,11-19H2,1-8H3/t21-,22?,23?,24?,25+,27+,28?,29-,30?/m1/s1. The van der Waals surface area contributed by atoms with Gasteiger partial charge in [0.25, 0.3) is 0 Å². The van der Waals surface area contributed by atoms with Crippen molar-refractivity contribution >= 4 is 0 Å². The molecule has 5 unspecified atom stereocenters. The van der Waals surface area contributed by atoms with E-state index in [1.165, 1.54) is 50.5 Å². The van der Waals surface area contributed by atoms with E-state index in [9.17, 15) is 10.2 Å². The van der Waals surface area contributed by atoms with Crippen molar-refractivity contribution in [2.75, 3.05) is 0 Å². The lowest BCUT2D eigenvalue weighted by molar-refractivity contribution is -0.225. The molecular formula is C30H52O2. The number of aliphatic hydroxyl groups is 2. The van der Waals surface area contributed by atoms with Crippen LogP contribution in [-0.2, 0) is 0 Å². The van der Waals surface area contributed by atoms with Crippen molar-refractivity contribution in [3.8, 4) is 0 Å². The number of allylic oxidation sites excluding steroid dienone is 2. The summed E-state index contributed by atoms with van der Waals surface area (Å²) in [6.07, 6.45) is 13.8. The van der Waals surface area contributed by atoms with Crippen LogP contribution < -0.4 is 0 Å². The third-order valence-electron chi connectivity index (χ3n) is 12.4. The minimum Gasteiger partial charge on any atom is -0.393 e. The van der Waals surface area contributed by atoms with Crippen molar-refractivity contribution in [3.05, 3.63) is 11.6 Å². The molecule has 0 saturated heterocycles. The first kappa shape index (κ1) is 24.8. The van der Waals surface area contributed by atoms with Crippen molar-refractivity contribution < 1.29 is 10.2 Å². The van der Waals surface area contributed by atoms with E-state index < -0.39 is 5.60 Å². The Morgan fingerprint density at radius 3 is 2.19 bits per heavy atom. The summed E-state index contributed by atoms with van der Waals surface area (Å²) in [5, 5.41) is 22.5. The molecule has 4 fully saturated rings. The third kappa shape index (κ3) is 3.40. The van der Waals surface area contributed by atoms with Crippen molar-refractivity contribution in [2.45, 2.75) is 131 Å². The summed E-state index contributed by atoms with van der Waals surface area (Å²) in [5.41, 5.74) is 1.84. The van der Waals surface area contributed by atoms with E-state index in [0.717, 1.165) is 25.2 Å². The molecule has 0 spiro atoms. The number of hydrogen-bond donors (Lipinski definition) is 2. The Balaban J connectivity index is 1.61. The van der Waals surface area contributed by atoms with Gasteiger partial charge in [-0.25, -0.2) is 0 Å². The quantitative estimate of drug-likeness (QED) is 0.440. The Labute approximate surface area is 198 Å². The molecule has 0 aromatic carbocycles. The second-order valence-corrected chi connectivity index (χ2v) is 14.4. The molecule has 0 heterocycles. The summed E-state index contributed by atoms with van der Waals surface area (Å²) in [6.45, 7) is 19.0.